The smallest absolute Gasteiger partial charge is 0.325 e. The molecule has 2 aliphatic heterocycles. The Labute approximate surface area is 158 Å². The standard InChI is InChI=1S/C20H23N3O4/c1-2-22(14-7-3-4-8-14)17(24)13-23-18(25)20(21-19(23)26)11-12-27-16-10-6-5-9-15(16)20/h5-7,9-10H,2-4,8,11-13H2,1H3,(H,21,26)/t20-/m0/s1. The summed E-state index contributed by atoms with van der Waals surface area (Å²) in [7, 11) is 0. The Morgan fingerprint density at radius 2 is 2.15 bits per heavy atom. The highest BCUT2D eigenvalue weighted by atomic mass is 16.5. The number of hydrogen-bond acceptors (Lipinski definition) is 4. The molecule has 7 nitrogen and oxygen atoms in total. The topological polar surface area (TPSA) is 79.0 Å². The minimum Gasteiger partial charge on any atom is -0.493 e. The van der Waals surface area contributed by atoms with E-state index in [1.165, 1.54) is 0 Å². The second kappa shape index (κ2) is 6.72. The maximum absolute atomic E-state index is 13.2. The molecule has 1 aliphatic carbocycles. The van der Waals surface area contributed by atoms with Crippen LogP contribution >= 0.6 is 0 Å². The van der Waals surface area contributed by atoms with E-state index in [4.69, 9.17) is 4.74 Å². The number of nitrogens with zero attached hydrogens (tertiary/aromatic N) is 2. The lowest BCUT2D eigenvalue weighted by molar-refractivity contribution is -0.138. The molecule has 27 heavy (non-hydrogen) atoms. The zero-order valence-corrected chi connectivity index (χ0v) is 15.4. The largest absolute Gasteiger partial charge is 0.493 e. The maximum atomic E-state index is 13.2. The summed E-state index contributed by atoms with van der Waals surface area (Å²) in [6.07, 6.45) is 5.25. The Hall–Kier alpha value is -2.83. The first kappa shape index (κ1) is 17.6. The molecule has 4 amide bonds. The number of nitrogens with one attached hydrogen (secondary N) is 1. The quantitative estimate of drug-likeness (QED) is 0.825. The number of urea groups is 1. The number of para-hydroxylation sites is 1. The van der Waals surface area contributed by atoms with Crippen molar-refractivity contribution < 1.29 is 19.1 Å². The molecule has 1 saturated heterocycles. The van der Waals surface area contributed by atoms with Crippen LogP contribution in [0.3, 0.4) is 0 Å². The van der Waals surface area contributed by atoms with Crippen molar-refractivity contribution in [2.45, 2.75) is 38.1 Å². The number of likely N-dealkylation sites (N-methyl/N-ethyl adjacent to an activating group) is 1. The van der Waals surface area contributed by atoms with Crippen molar-refractivity contribution in [3.63, 3.8) is 0 Å². The first-order chi connectivity index (χ1) is 13.1. The summed E-state index contributed by atoms with van der Waals surface area (Å²) in [6, 6.07) is 6.69. The van der Waals surface area contributed by atoms with Crippen molar-refractivity contribution >= 4 is 17.8 Å². The van der Waals surface area contributed by atoms with Crippen molar-refractivity contribution in [2.75, 3.05) is 19.7 Å². The van der Waals surface area contributed by atoms with Crippen LogP contribution in [0, 0.1) is 0 Å². The third kappa shape index (κ3) is 2.78. The van der Waals surface area contributed by atoms with Gasteiger partial charge in [-0.1, -0.05) is 24.3 Å². The Bertz CT molecular complexity index is 834. The van der Waals surface area contributed by atoms with Crippen LogP contribution in [0.1, 0.15) is 38.2 Å². The number of imide groups is 1. The average molecular weight is 369 g/mol. The number of ether oxygens (including phenoxy) is 1. The van der Waals surface area contributed by atoms with E-state index in [9.17, 15) is 14.4 Å². The van der Waals surface area contributed by atoms with Crippen molar-refractivity contribution in [2.24, 2.45) is 0 Å². The molecule has 1 aromatic carbocycles. The van der Waals surface area contributed by atoms with Gasteiger partial charge in [0, 0.05) is 24.2 Å². The van der Waals surface area contributed by atoms with Crippen LogP contribution in [0.2, 0.25) is 0 Å². The summed E-state index contributed by atoms with van der Waals surface area (Å²) in [5.41, 5.74) is 0.492. The number of carbonyl (C=O) groups excluding carboxylic acids is 3. The monoisotopic (exact) mass is 369 g/mol. The van der Waals surface area contributed by atoms with Crippen molar-refractivity contribution in [1.82, 2.24) is 15.1 Å². The molecule has 7 heteroatoms. The molecule has 1 aromatic rings. The van der Waals surface area contributed by atoms with E-state index in [-0.39, 0.29) is 18.4 Å². The molecular formula is C20H23N3O4. The number of allylic oxidation sites excluding steroid dienone is 2. The lowest BCUT2D eigenvalue weighted by atomic mass is 9.84. The fourth-order valence-electron chi connectivity index (χ4n) is 4.17. The lowest BCUT2D eigenvalue weighted by Crippen LogP contribution is -2.48. The average Bonchev–Trinajstić information content (AvgIpc) is 3.27. The molecule has 0 bridgehead atoms. The Morgan fingerprint density at radius 1 is 1.33 bits per heavy atom. The van der Waals surface area contributed by atoms with Gasteiger partial charge in [0.2, 0.25) is 5.91 Å². The molecule has 142 valence electrons. The van der Waals surface area contributed by atoms with Gasteiger partial charge < -0.3 is 15.0 Å². The number of amides is 4. The summed E-state index contributed by atoms with van der Waals surface area (Å²) >= 11 is 0. The molecule has 1 N–H and O–H groups in total. The first-order valence-electron chi connectivity index (χ1n) is 9.42. The molecule has 1 fully saturated rings. The molecule has 4 rings (SSSR count). The zero-order valence-electron chi connectivity index (χ0n) is 15.4. The molecule has 1 atom stereocenters. The Kier molecular flexibility index (Phi) is 4.37. The SMILES string of the molecule is CCN(C(=O)CN1C(=O)N[C@]2(CCOc3ccccc32)C1=O)C1=CCCC1. The molecule has 0 unspecified atom stereocenters. The minimum atomic E-state index is -1.14. The van der Waals surface area contributed by atoms with E-state index in [2.05, 4.69) is 11.4 Å². The van der Waals surface area contributed by atoms with Crippen LogP contribution in [-0.2, 0) is 15.1 Å². The summed E-state index contributed by atoms with van der Waals surface area (Å²) in [5, 5.41) is 2.83. The van der Waals surface area contributed by atoms with Gasteiger partial charge in [-0.2, -0.15) is 0 Å². The van der Waals surface area contributed by atoms with E-state index in [1.807, 2.05) is 19.1 Å². The van der Waals surface area contributed by atoms with Crippen LogP contribution in [0.5, 0.6) is 5.75 Å². The molecule has 1 spiro atoms. The second-order valence-corrected chi connectivity index (χ2v) is 7.05. The maximum Gasteiger partial charge on any atom is 0.325 e. The highest BCUT2D eigenvalue weighted by Gasteiger charge is 2.55. The summed E-state index contributed by atoms with van der Waals surface area (Å²) in [6.45, 7) is 2.51. The number of fused-ring (bicyclic) bond motifs is 2. The second-order valence-electron chi connectivity index (χ2n) is 7.05. The molecule has 0 radical (unpaired) electrons. The summed E-state index contributed by atoms with van der Waals surface area (Å²) < 4.78 is 5.63. The number of benzene rings is 1. The minimum absolute atomic E-state index is 0.230. The zero-order chi connectivity index (χ0) is 19.0. The van der Waals surface area contributed by atoms with Gasteiger partial charge in [0.05, 0.1) is 6.61 Å². The predicted molar refractivity (Wildman–Crippen MR) is 97.8 cm³/mol. The van der Waals surface area contributed by atoms with Crippen LogP contribution in [0.25, 0.3) is 0 Å². The Morgan fingerprint density at radius 3 is 2.89 bits per heavy atom. The van der Waals surface area contributed by atoms with Crippen LogP contribution < -0.4 is 10.1 Å². The Balaban J connectivity index is 1.58. The fraction of sp³-hybridized carbons (Fsp3) is 0.450. The molecular weight excluding hydrogens is 346 g/mol. The van der Waals surface area contributed by atoms with Crippen molar-refractivity contribution in [3.8, 4) is 5.75 Å². The summed E-state index contributed by atoms with van der Waals surface area (Å²) in [5.74, 6) is -0.0172. The van der Waals surface area contributed by atoms with Gasteiger partial charge in [0.15, 0.2) is 5.54 Å². The van der Waals surface area contributed by atoms with Gasteiger partial charge in [-0.25, -0.2) is 4.79 Å². The van der Waals surface area contributed by atoms with E-state index in [0.29, 0.717) is 30.9 Å². The van der Waals surface area contributed by atoms with E-state index >= 15 is 0 Å². The van der Waals surface area contributed by atoms with E-state index in [1.54, 1.807) is 17.0 Å². The van der Waals surface area contributed by atoms with Gasteiger partial charge >= 0.3 is 6.03 Å². The fourth-order valence-corrected chi connectivity index (χ4v) is 4.17. The number of rotatable bonds is 4. The van der Waals surface area contributed by atoms with Gasteiger partial charge in [0.25, 0.3) is 5.91 Å². The van der Waals surface area contributed by atoms with Crippen LogP contribution in [-0.4, -0.2) is 47.3 Å². The lowest BCUT2D eigenvalue weighted by Gasteiger charge is -2.33. The third-order valence-corrected chi connectivity index (χ3v) is 5.53. The molecule has 3 aliphatic rings. The first-order valence-corrected chi connectivity index (χ1v) is 9.42. The normalized spacial score (nSPS) is 23.7. The molecule has 2 heterocycles. The predicted octanol–water partition coefficient (Wildman–Crippen LogP) is 2.13. The van der Waals surface area contributed by atoms with Gasteiger partial charge in [-0.3, -0.25) is 14.5 Å². The number of carbonyl (C=O) groups is 3. The van der Waals surface area contributed by atoms with Gasteiger partial charge in [0.1, 0.15) is 12.3 Å². The highest BCUT2D eigenvalue weighted by molar-refractivity contribution is 6.09. The molecule has 0 aromatic heterocycles. The van der Waals surface area contributed by atoms with Gasteiger partial charge in [-0.05, 0) is 32.3 Å². The van der Waals surface area contributed by atoms with Crippen LogP contribution in [0.15, 0.2) is 36.0 Å². The molecule has 0 saturated carbocycles. The van der Waals surface area contributed by atoms with Crippen molar-refractivity contribution in [3.05, 3.63) is 41.6 Å². The van der Waals surface area contributed by atoms with E-state index < -0.39 is 11.6 Å². The van der Waals surface area contributed by atoms with Crippen LogP contribution in [0.4, 0.5) is 4.79 Å². The third-order valence-electron chi connectivity index (χ3n) is 5.53. The van der Waals surface area contributed by atoms with E-state index in [0.717, 1.165) is 29.9 Å². The highest BCUT2D eigenvalue weighted by Crippen LogP contribution is 2.41. The number of hydrogen-bond donors (Lipinski definition) is 1. The van der Waals surface area contributed by atoms with Crippen molar-refractivity contribution in [1.29, 1.82) is 0 Å². The summed E-state index contributed by atoms with van der Waals surface area (Å²) in [4.78, 5) is 41.4. The van der Waals surface area contributed by atoms with Gasteiger partial charge in [-0.15, -0.1) is 0 Å².